The minimum absolute atomic E-state index is 0.0114. The molecule has 1 atom stereocenters. The molecule has 0 amide bonds. The molecule has 0 radical (unpaired) electrons. The van der Waals surface area contributed by atoms with Crippen LogP contribution in [0.3, 0.4) is 0 Å². The second kappa shape index (κ2) is 14.1. The van der Waals surface area contributed by atoms with Gasteiger partial charge in [0.1, 0.15) is 28.9 Å². The number of hydrogen-bond acceptors (Lipinski definition) is 8. The number of para-hydroxylation sites is 1. The van der Waals surface area contributed by atoms with Gasteiger partial charge in [-0.3, -0.25) is 0 Å². The van der Waals surface area contributed by atoms with Crippen LogP contribution in [-0.2, 0) is 4.79 Å². The van der Waals surface area contributed by atoms with E-state index in [4.69, 9.17) is 29.4 Å². The summed E-state index contributed by atoms with van der Waals surface area (Å²) in [4.78, 5) is 12.5. The molecule has 0 aliphatic carbocycles. The Bertz CT molecular complexity index is 1440. The van der Waals surface area contributed by atoms with Gasteiger partial charge in [-0.1, -0.05) is 62.9 Å². The number of rotatable bonds is 13. The Balaban J connectivity index is 1.50. The van der Waals surface area contributed by atoms with Crippen LogP contribution in [0.15, 0.2) is 72.1 Å². The van der Waals surface area contributed by atoms with Gasteiger partial charge in [0.25, 0.3) is 0 Å². The van der Waals surface area contributed by atoms with Crippen molar-refractivity contribution in [3.05, 3.63) is 88.8 Å². The molecular weight excluding hydrogens is 520 g/mol. The third kappa shape index (κ3) is 7.31. The molecule has 0 saturated carbocycles. The van der Waals surface area contributed by atoms with Gasteiger partial charge in [-0.05, 0) is 48.7 Å². The largest absolute Gasteiger partial charge is 0.493 e. The number of nitriles is 1. The van der Waals surface area contributed by atoms with Gasteiger partial charge < -0.3 is 29.4 Å². The minimum Gasteiger partial charge on any atom is -0.493 e. The molecule has 1 heterocycles. The van der Waals surface area contributed by atoms with Crippen LogP contribution in [0.1, 0.15) is 61.6 Å². The van der Waals surface area contributed by atoms with Gasteiger partial charge in [0.05, 0.1) is 19.6 Å². The van der Waals surface area contributed by atoms with Crippen molar-refractivity contribution in [2.24, 2.45) is 5.73 Å². The Morgan fingerprint density at radius 2 is 1.78 bits per heavy atom. The molecule has 3 aromatic rings. The maximum absolute atomic E-state index is 12.5. The number of aryl methyl sites for hydroxylation is 1. The molecule has 0 spiro atoms. The van der Waals surface area contributed by atoms with Gasteiger partial charge in [-0.2, -0.15) is 5.26 Å². The molecule has 8 nitrogen and oxygen atoms in total. The zero-order valence-corrected chi connectivity index (χ0v) is 23.8. The molecule has 1 aliphatic rings. The number of carbonyl (C=O) groups excluding carboxylic acids is 1. The number of hydrogen-bond donors (Lipinski definition) is 1. The molecule has 3 aromatic carbocycles. The van der Waals surface area contributed by atoms with Crippen LogP contribution >= 0.6 is 0 Å². The zero-order chi connectivity index (χ0) is 29.2. The third-order valence-electron chi connectivity index (χ3n) is 6.89. The van der Waals surface area contributed by atoms with Crippen LogP contribution in [0.25, 0.3) is 0 Å². The van der Waals surface area contributed by atoms with Crippen LogP contribution in [0.4, 0.5) is 0 Å². The molecule has 41 heavy (non-hydrogen) atoms. The highest BCUT2D eigenvalue weighted by molar-refractivity contribution is 5.74. The number of nitrogens with zero attached hydrogens (tertiary/aromatic N) is 1. The Hall–Kier alpha value is -4.64. The van der Waals surface area contributed by atoms with Crippen LogP contribution in [-0.4, -0.2) is 26.3 Å². The molecule has 0 bridgehead atoms. The van der Waals surface area contributed by atoms with Gasteiger partial charge >= 0.3 is 5.97 Å². The lowest BCUT2D eigenvalue weighted by Gasteiger charge is -2.27. The highest BCUT2D eigenvalue weighted by atomic mass is 16.6. The van der Waals surface area contributed by atoms with Gasteiger partial charge in [-0.25, -0.2) is 4.79 Å². The molecule has 1 aliphatic heterocycles. The van der Waals surface area contributed by atoms with Gasteiger partial charge in [0.2, 0.25) is 5.88 Å². The standard InChI is InChI=1S/C33H36N2O6/c1-4-5-6-7-10-17-38-28-16-13-23(18-30(28)37-3)32-25-15-14-24(19-29(25)41-33(35)26(32)20-34)40-31(36)21-39-27-12-9-8-11-22(27)2/h8-9,11-16,18-19,32H,4-7,10,17,21,35H2,1-3H3. The number of esters is 1. The minimum atomic E-state index is -0.563. The van der Waals surface area contributed by atoms with Crippen LogP contribution in [0.2, 0.25) is 0 Å². The van der Waals surface area contributed by atoms with E-state index in [-0.39, 0.29) is 23.8 Å². The van der Waals surface area contributed by atoms with Crippen LogP contribution in [0.5, 0.6) is 28.7 Å². The van der Waals surface area contributed by atoms with E-state index in [9.17, 15) is 10.1 Å². The van der Waals surface area contributed by atoms with Crippen molar-refractivity contribution in [3.8, 4) is 34.8 Å². The average molecular weight is 557 g/mol. The van der Waals surface area contributed by atoms with Crippen molar-refractivity contribution in [3.63, 3.8) is 0 Å². The molecule has 214 valence electrons. The first-order valence-electron chi connectivity index (χ1n) is 13.9. The van der Waals surface area contributed by atoms with Crippen molar-refractivity contribution in [2.45, 2.75) is 51.9 Å². The van der Waals surface area contributed by atoms with E-state index in [1.807, 2.05) is 43.3 Å². The van der Waals surface area contributed by atoms with E-state index in [1.54, 1.807) is 31.4 Å². The van der Waals surface area contributed by atoms with E-state index >= 15 is 0 Å². The number of methoxy groups -OCH3 is 1. The summed E-state index contributed by atoms with van der Waals surface area (Å²) in [6.07, 6.45) is 5.73. The van der Waals surface area contributed by atoms with E-state index in [0.717, 1.165) is 24.0 Å². The molecule has 0 aromatic heterocycles. The maximum Gasteiger partial charge on any atom is 0.349 e. The smallest absolute Gasteiger partial charge is 0.349 e. The fourth-order valence-electron chi connectivity index (χ4n) is 4.73. The normalized spacial score (nSPS) is 14.0. The van der Waals surface area contributed by atoms with Crippen molar-refractivity contribution in [1.29, 1.82) is 5.26 Å². The van der Waals surface area contributed by atoms with Crippen LogP contribution < -0.4 is 29.4 Å². The van der Waals surface area contributed by atoms with Crippen LogP contribution in [0, 0.1) is 18.3 Å². The summed E-state index contributed by atoms with van der Waals surface area (Å²) in [6, 6.07) is 20.2. The van der Waals surface area contributed by atoms with Gasteiger partial charge in [0, 0.05) is 11.6 Å². The van der Waals surface area contributed by atoms with Crippen molar-refractivity contribution in [2.75, 3.05) is 20.3 Å². The summed E-state index contributed by atoms with van der Waals surface area (Å²) in [7, 11) is 1.59. The Morgan fingerprint density at radius 3 is 2.54 bits per heavy atom. The second-order valence-electron chi connectivity index (χ2n) is 9.83. The fraction of sp³-hybridized carbons (Fsp3) is 0.333. The third-order valence-corrected chi connectivity index (χ3v) is 6.89. The number of carbonyl (C=O) groups is 1. The quantitative estimate of drug-likeness (QED) is 0.143. The predicted octanol–water partition coefficient (Wildman–Crippen LogP) is 6.56. The zero-order valence-electron chi connectivity index (χ0n) is 23.8. The lowest BCUT2D eigenvalue weighted by atomic mass is 9.83. The first kappa shape index (κ1) is 29.3. The SMILES string of the molecule is CCCCCCCOc1ccc(C2C(C#N)=C(N)Oc3cc(OC(=O)COc4ccccc4C)ccc32)cc1OC. The molecule has 4 rings (SSSR count). The van der Waals surface area contributed by atoms with Crippen molar-refractivity contribution in [1.82, 2.24) is 0 Å². The molecule has 0 saturated heterocycles. The predicted molar refractivity (Wildman–Crippen MR) is 155 cm³/mol. The van der Waals surface area contributed by atoms with Gasteiger partial charge in [0.15, 0.2) is 18.1 Å². The molecular formula is C33H36N2O6. The number of fused-ring (bicyclic) bond motifs is 1. The van der Waals surface area contributed by atoms with Crippen molar-refractivity contribution < 1.29 is 28.5 Å². The molecule has 2 N–H and O–H groups in total. The van der Waals surface area contributed by atoms with E-state index in [1.165, 1.54) is 19.3 Å². The van der Waals surface area contributed by atoms with Gasteiger partial charge in [-0.15, -0.1) is 0 Å². The summed E-state index contributed by atoms with van der Waals surface area (Å²) in [6.45, 7) is 4.45. The topological polar surface area (TPSA) is 113 Å². The lowest BCUT2D eigenvalue weighted by Crippen LogP contribution is -2.22. The number of ether oxygens (including phenoxy) is 5. The van der Waals surface area contributed by atoms with Crippen molar-refractivity contribution >= 4 is 5.97 Å². The highest BCUT2D eigenvalue weighted by Gasteiger charge is 2.32. The monoisotopic (exact) mass is 556 g/mol. The van der Waals surface area contributed by atoms with E-state index < -0.39 is 11.9 Å². The number of unbranched alkanes of at least 4 members (excludes halogenated alkanes) is 4. The number of allylic oxidation sites excluding steroid dienone is 1. The Kier molecular flexibility index (Phi) is 10.1. The second-order valence-corrected chi connectivity index (χ2v) is 9.83. The Morgan fingerprint density at radius 1 is 0.976 bits per heavy atom. The summed E-state index contributed by atoms with van der Waals surface area (Å²) < 4.78 is 28.5. The summed E-state index contributed by atoms with van der Waals surface area (Å²) in [5.74, 6) is 1.41. The summed E-state index contributed by atoms with van der Waals surface area (Å²) in [5, 5.41) is 9.94. The molecule has 0 fully saturated rings. The van der Waals surface area contributed by atoms with E-state index in [0.29, 0.717) is 35.2 Å². The summed E-state index contributed by atoms with van der Waals surface area (Å²) >= 11 is 0. The lowest BCUT2D eigenvalue weighted by molar-refractivity contribution is -0.136. The summed E-state index contributed by atoms with van der Waals surface area (Å²) in [5.41, 5.74) is 8.87. The molecule has 1 unspecified atom stereocenters. The fourth-order valence-corrected chi connectivity index (χ4v) is 4.73. The number of benzene rings is 3. The number of nitrogens with two attached hydrogens (primary N) is 1. The van der Waals surface area contributed by atoms with E-state index in [2.05, 4.69) is 13.0 Å². The molecule has 8 heteroatoms. The first-order valence-corrected chi connectivity index (χ1v) is 13.9. The Labute approximate surface area is 241 Å². The first-order chi connectivity index (χ1) is 19.9. The highest BCUT2D eigenvalue weighted by Crippen LogP contribution is 2.45. The maximum atomic E-state index is 12.5. The average Bonchev–Trinajstić information content (AvgIpc) is 2.97.